The van der Waals surface area contributed by atoms with Crippen LogP contribution in [-0.2, 0) is 0 Å². The molecule has 2 rings (SSSR count). The first-order valence-electron chi connectivity index (χ1n) is 4.78. The highest BCUT2D eigenvalue weighted by Crippen LogP contribution is 2.28. The Balaban J connectivity index is 2.34. The lowest BCUT2D eigenvalue weighted by Gasteiger charge is -2.03. The number of nitrogens with two attached hydrogens (primary N) is 1. The van der Waals surface area contributed by atoms with E-state index in [0.29, 0.717) is 9.92 Å². The molecule has 0 saturated carbocycles. The minimum atomic E-state index is -1.12. The van der Waals surface area contributed by atoms with E-state index in [2.05, 4.69) is 15.0 Å². The quantitative estimate of drug-likeness (QED) is 0.693. The second kappa shape index (κ2) is 4.88. The van der Waals surface area contributed by atoms with E-state index in [1.165, 1.54) is 18.6 Å². The minimum absolute atomic E-state index is 0.00353. The monoisotopic (exact) mass is 264 g/mol. The summed E-state index contributed by atoms with van der Waals surface area (Å²) in [4.78, 5) is 32.6. The topological polar surface area (TPSA) is 122 Å². The first-order valence-corrected chi connectivity index (χ1v) is 5.60. The van der Waals surface area contributed by atoms with Crippen molar-refractivity contribution in [2.24, 2.45) is 0 Å². The standard InChI is InChI=1S/C10H8N4O3S/c11-7-8(15)13-4-14-9(7)18-5-1-2-12-6(3-5)10(16)17/h1-4H,11H2,(H,16,17)(H,13,14,15). The Kier molecular flexibility index (Phi) is 3.28. The molecule has 7 nitrogen and oxygen atoms in total. The van der Waals surface area contributed by atoms with E-state index in [1.54, 1.807) is 6.07 Å². The molecule has 2 heterocycles. The number of hydrogen-bond donors (Lipinski definition) is 3. The van der Waals surface area contributed by atoms with E-state index in [0.717, 1.165) is 11.8 Å². The predicted molar refractivity (Wildman–Crippen MR) is 64.6 cm³/mol. The van der Waals surface area contributed by atoms with Crippen molar-refractivity contribution >= 4 is 23.4 Å². The highest BCUT2D eigenvalue weighted by Gasteiger charge is 2.09. The van der Waals surface area contributed by atoms with Crippen molar-refractivity contribution in [3.05, 3.63) is 40.7 Å². The molecule has 0 radical (unpaired) electrons. The highest BCUT2D eigenvalue weighted by molar-refractivity contribution is 7.99. The van der Waals surface area contributed by atoms with Gasteiger partial charge in [-0.05, 0) is 12.1 Å². The van der Waals surface area contributed by atoms with E-state index < -0.39 is 11.5 Å². The van der Waals surface area contributed by atoms with Crippen LogP contribution in [0, 0.1) is 0 Å². The second-order valence-electron chi connectivity index (χ2n) is 3.23. The number of nitrogen functional groups attached to an aromatic ring is 1. The molecule has 8 heteroatoms. The zero-order valence-corrected chi connectivity index (χ0v) is 9.77. The fourth-order valence-corrected chi connectivity index (χ4v) is 2.01. The lowest BCUT2D eigenvalue weighted by atomic mass is 10.3. The van der Waals surface area contributed by atoms with Crippen molar-refractivity contribution < 1.29 is 9.90 Å². The summed E-state index contributed by atoms with van der Waals surface area (Å²) in [5.74, 6) is -1.12. The molecule has 0 aliphatic carbocycles. The minimum Gasteiger partial charge on any atom is -0.477 e. The largest absolute Gasteiger partial charge is 0.477 e. The fourth-order valence-electron chi connectivity index (χ4n) is 1.18. The van der Waals surface area contributed by atoms with E-state index in [-0.39, 0.29) is 11.4 Å². The number of anilines is 1. The van der Waals surface area contributed by atoms with Crippen molar-refractivity contribution in [3.63, 3.8) is 0 Å². The molecule has 4 N–H and O–H groups in total. The molecule has 0 spiro atoms. The summed E-state index contributed by atoms with van der Waals surface area (Å²) < 4.78 is 0. The Labute approximate surface area is 105 Å². The Bertz CT molecular complexity index is 656. The number of carboxylic acids is 1. The van der Waals surface area contributed by atoms with Crippen LogP contribution in [0.4, 0.5) is 5.69 Å². The Morgan fingerprint density at radius 3 is 2.94 bits per heavy atom. The average Bonchev–Trinajstić information content (AvgIpc) is 2.35. The molecular formula is C10H8N4O3S. The molecule has 0 amide bonds. The number of aromatic carboxylic acids is 1. The average molecular weight is 264 g/mol. The first kappa shape index (κ1) is 12.1. The smallest absolute Gasteiger partial charge is 0.354 e. The molecule has 92 valence electrons. The Morgan fingerprint density at radius 2 is 2.22 bits per heavy atom. The molecule has 0 aromatic carbocycles. The number of nitrogens with zero attached hydrogens (tertiary/aromatic N) is 2. The van der Waals surface area contributed by atoms with Gasteiger partial charge in [-0.1, -0.05) is 11.8 Å². The van der Waals surface area contributed by atoms with Crippen molar-refractivity contribution in [1.29, 1.82) is 0 Å². The number of rotatable bonds is 3. The van der Waals surface area contributed by atoms with Crippen molar-refractivity contribution in [2.75, 3.05) is 5.73 Å². The van der Waals surface area contributed by atoms with Gasteiger partial charge in [-0.15, -0.1) is 0 Å². The van der Waals surface area contributed by atoms with Gasteiger partial charge in [-0.3, -0.25) is 4.79 Å². The van der Waals surface area contributed by atoms with Gasteiger partial charge in [0.05, 0.1) is 6.33 Å². The van der Waals surface area contributed by atoms with Crippen LogP contribution in [-0.4, -0.2) is 26.0 Å². The molecule has 0 saturated heterocycles. The van der Waals surface area contributed by atoms with Crippen LogP contribution < -0.4 is 11.3 Å². The van der Waals surface area contributed by atoms with Crippen molar-refractivity contribution in [2.45, 2.75) is 9.92 Å². The van der Waals surface area contributed by atoms with Gasteiger partial charge in [0.15, 0.2) is 0 Å². The third-order valence-electron chi connectivity index (χ3n) is 2.02. The van der Waals surface area contributed by atoms with Gasteiger partial charge in [0, 0.05) is 11.1 Å². The summed E-state index contributed by atoms with van der Waals surface area (Å²) in [5, 5.41) is 9.13. The molecule has 0 unspecified atom stereocenters. The van der Waals surface area contributed by atoms with Crippen LogP contribution in [0.5, 0.6) is 0 Å². The maximum atomic E-state index is 11.3. The molecular weight excluding hydrogens is 256 g/mol. The van der Waals surface area contributed by atoms with Crippen LogP contribution in [0.1, 0.15) is 10.5 Å². The number of aromatic amines is 1. The number of H-pyrrole nitrogens is 1. The number of carboxylic acid groups (broad SMARTS) is 1. The zero-order chi connectivity index (χ0) is 13.1. The number of pyridine rings is 1. The van der Waals surface area contributed by atoms with Crippen molar-refractivity contribution in [1.82, 2.24) is 15.0 Å². The number of hydrogen-bond acceptors (Lipinski definition) is 6. The van der Waals surface area contributed by atoms with E-state index in [9.17, 15) is 9.59 Å². The fraction of sp³-hybridized carbons (Fsp3) is 0. The summed E-state index contributed by atoms with van der Waals surface area (Å²) in [6.07, 6.45) is 2.61. The molecule has 0 aliphatic rings. The zero-order valence-electron chi connectivity index (χ0n) is 8.95. The summed E-state index contributed by atoms with van der Waals surface area (Å²) in [7, 11) is 0. The number of nitrogens with one attached hydrogen (secondary N) is 1. The SMILES string of the molecule is Nc1c(Sc2ccnc(C(=O)O)c2)nc[nH]c1=O. The molecule has 0 bridgehead atoms. The van der Waals surface area contributed by atoms with Gasteiger partial charge in [0.1, 0.15) is 16.4 Å². The molecule has 0 atom stereocenters. The van der Waals surface area contributed by atoms with E-state index in [1.807, 2.05) is 0 Å². The number of aromatic nitrogens is 3. The normalized spacial score (nSPS) is 10.2. The Morgan fingerprint density at radius 1 is 1.44 bits per heavy atom. The van der Waals surface area contributed by atoms with Crippen LogP contribution in [0.2, 0.25) is 0 Å². The Hall–Kier alpha value is -2.35. The first-order chi connectivity index (χ1) is 8.58. The van der Waals surface area contributed by atoms with Crippen molar-refractivity contribution in [3.8, 4) is 0 Å². The molecule has 0 fully saturated rings. The van der Waals surface area contributed by atoms with Crippen LogP contribution in [0.3, 0.4) is 0 Å². The van der Waals surface area contributed by atoms with Crippen LogP contribution >= 0.6 is 11.8 Å². The predicted octanol–water partition coefficient (Wildman–Crippen LogP) is 0.597. The van der Waals surface area contributed by atoms with E-state index >= 15 is 0 Å². The van der Waals surface area contributed by atoms with Gasteiger partial charge in [0.2, 0.25) is 0 Å². The highest BCUT2D eigenvalue weighted by atomic mass is 32.2. The van der Waals surface area contributed by atoms with E-state index in [4.69, 9.17) is 10.8 Å². The van der Waals surface area contributed by atoms with Gasteiger partial charge >= 0.3 is 5.97 Å². The molecule has 0 aliphatic heterocycles. The maximum absolute atomic E-state index is 11.3. The molecule has 2 aromatic rings. The third-order valence-corrected chi connectivity index (χ3v) is 3.03. The van der Waals surface area contributed by atoms with Gasteiger partial charge in [-0.2, -0.15) is 0 Å². The van der Waals surface area contributed by atoms with Gasteiger partial charge in [-0.25, -0.2) is 14.8 Å². The summed E-state index contributed by atoms with van der Waals surface area (Å²) in [6.45, 7) is 0. The maximum Gasteiger partial charge on any atom is 0.354 e. The third kappa shape index (κ3) is 2.48. The molecule has 2 aromatic heterocycles. The second-order valence-corrected chi connectivity index (χ2v) is 4.30. The van der Waals surface area contributed by atoms with Crippen LogP contribution in [0.15, 0.2) is 39.4 Å². The number of carbonyl (C=O) groups is 1. The lowest BCUT2D eigenvalue weighted by molar-refractivity contribution is 0.0690. The molecule has 18 heavy (non-hydrogen) atoms. The summed E-state index contributed by atoms with van der Waals surface area (Å²) >= 11 is 1.10. The van der Waals surface area contributed by atoms with Gasteiger partial charge in [0.25, 0.3) is 5.56 Å². The van der Waals surface area contributed by atoms with Crippen LogP contribution in [0.25, 0.3) is 0 Å². The lowest BCUT2D eigenvalue weighted by Crippen LogP contribution is -2.13. The summed E-state index contributed by atoms with van der Waals surface area (Å²) in [5.41, 5.74) is 5.06. The summed E-state index contributed by atoms with van der Waals surface area (Å²) in [6, 6.07) is 2.99. The van der Waals surface area contributed by atoms with Gasteiger partial charge < -0.3 is 15.8 Å².